The Morgan fingerprint density at radius 1 is 1.38 bits per heavy atom. The summed E-state index contributed by atoms with van der Waals surface area (Å²) < 4.78 is 7.59. The summed E-state index contributed by atoms with van der Waals surface area (Å²) in [6, 6.07) is 0. The van der Waals surface area contributed by atoms with Crippen LogP contribution in [0.15, 0.2) is 18.7 Å². The van der Waals surface area contributed by atoms with E-state index in [2.05, 4.69) is 9.88 Å². The standard InChI is InChI=1S/C15H19N3O2S/c19-13-12(20-14(21)17-9-7-16-10-17)11-4-1-2-5-15(11)6-3-8-18(13)15/h7,9-12H,1-6,8H2/t11-,12-,15+/m0/s1. The molecule has 3 fully saturated rings. The van der Waals surface area contributed by atoms with Crippen LogP contribution in [-0.2, 0) is 9.53 Å². The Balaban J connectivity index is 1.61. The molecule has 0 radical (unpaired) electrons. The van der Waals surface area contributed by atoms with E-state index in [9.17, 15) is 4.79 Å². The van der Waals surface area contributed by atoms with Crippen molar-refractivity contribution in [1.82, 2.24) is 14.5 Å². The number of hydrogen-bond acceptors (Lipinski definition) is 4. The molecule has 1 aromatic rings. The first kappa shape index (κ1) is 13.2. The van der Waals surface area contributed by atoms with Crippen LogP contribution in [0.3, 0.4) is 0 Å². The molecule has 2 aliphatic heterocycles. The number of imidazole rings is 1. The summed E-state index contributed by atoms with van der Waals surface area (Å²) in [5.41, 5.74) is 0.0601. The molecular weight excluding hydrogens is 286 g/mol. The minimum atomic E-state index is -0.402. The first-order valence-corrected chi connectivity index (χ1v) is 8.14. The van der Waals surface area contributed by atoms with Gasteiger partial charge in [-0.05, 0) is 37.9 Å². The summed E-state index contributed by atoms with van der Waals surface area (Å²) >= 11 is 5.32. The van der Waals surface area contributed by atoms with E-state index >= 15 is 0 Å². The van der Waals surface area contributed by atoms with Gasteiger partial charge in [-0.1, -0.05) is 12.8 Å². The lowest BCUT2D eigenvalue weighted by Gasteiger charge is -2.40. The zero-order valence-corrected chi connectivity index (χ0v) is 12.7. The monoisotopic (exact) mass is 305 g/mol. The Labute approximate surface area is 129 Å². The van der Waals surface area contributed by atoms with Crippen molar-refractivity contribution in [3.8, 4) is 0 Å². The van der Waals surface area contributed by atoms with Gasteiger partial charge in [-0.3, -0.25) is 9.36 Å². The molecule has 1 aliphatic carbocycles. The van der Waals surface area contributed by atoms with Crippen molar-refractivity contribution in [2.45, 2.75) is 50.2 Å². The summed E-state index contributed by atoms with van der Waals surface area (Å²) in [5, 5.41) is 0.327. The van der Waals surface area contributed by atoms with E-state index in [1.807, 2.05) is 0 Å². The van der Waals surface area contributed by atoms with Gasteiger partial charge in [0.05, 0.1) is 0 Å². The number of carbonyl (C=O) groups excluding carboxylic acids is 1. The average Bonchev–Trinajstić information content (AvgIpc) is 3.17. The van der Waals surface area contributed by atoms with Crippen LogP contribution >= 0.6 is 12.2 Å². The van der Waals surface area contributed by atoms with E-state index in [1.165, 1.54) is 12.8 Å². The number of aromatic nitrogens is 2. The zero-order chi connectivity index (χ0) is 14.4. The van der Waals surface area contributed by atoms with Gasteiger partial charge in [0.15, 0.2) is 6.10 Å². The molecule has 6 heteroatoms. The Morgan fingerprint density at radius 2 is 2.24 bits per heavy atom. The molecule has 1 aromatic heterocycles. The summed E-state index contributed by atoms with van der Waals surface area (Å²) in [4.78, 5) is 18.8. The normalized spacial score (nSPS) is 34.7. The van der Waals surface area contributed by atoms with Gasteiger partial charge in [0.2, 0.25) is 0 Å². The second-order valence-electron chi connectivity index (χ2n) is 6.32. The van der Waals surface area contributed by atoms with Crippen molar-refractivity contribution < 1.29 is 9.53 Å². The second kappa shape index (κ2) is 4.80. The van der Waals surface area contributed by atoms with Crippen LogP contribution in [0.5, 0.6) is 0 Å². The number of ether oxygens (including phenoxy) is 1. The Morgan fingerprint density at radius 3 is 3.05 bits per heavy atom. The lowest BCUT2D eigenvalue weighted by atomic mass is 9.71. The van der Waals surface area contributed by atoms with Crippen LogP contribution in [0.25, 0.3) is 0 Å². The summed E-state index contributed by atoms with van der Waals surface area (Å²) in [6.07, 6.45) is 11.5. The van der Waals surface area contributed by atoms with Gasteiger partial charge in [0.1, 0.15) is 6.33 Å². The lowest BCUT2D eigenvalue weighted by Crippen LogP contribution is -2.46. The molecule has 0 unspecified atom stereocenters. The zero-order valence-electron chi connectivity index (χ0n) is 11.9. The third-order valence-electron chi connectivity index (χ3n) is 5.41. The first-order valence-electron chi connectivity index (χ1n) is 7.73. The fourth-order valence-electron chi connectivity index (χ4n) is 4.55. The highest BCUT2D eigenvalue weighted by atomic mass is 32.1. The van der Waals surface area contributed by atoms with Crippen LogP contribution in [0.4, 0.5) is 0 Å². The molecule has 3 heterocycles. The lowest BCUT2D eigenvalue weighted by molar-refractivity contribution is -0.135. The number of carbonyl (C=O) groups is 1. The molecule has 1 spiro atoms. The Kier molecular flexibility index (Phi) is 3.03. The van der Waals surface area contributed by atoms with Gasteiger partial charge in [-0.25, -0.2) is 4.98 Å². The summed E-state index contributed by atoms with van der Waals surface area (Å²) in [6.45, 7) is 0.882. The van der Waals surface area contributed by atoms with Crippen LogP contribution in [0.1, 0.15) is 38.5 Å². The third-order valence-corrected chi connectivity index (χ3v) is 5.72. The molecule has 3 atom stereocenters. The van der Waals surface area contributed by atoms with Gasteiger partial charge in [-0.15, -0.1) is 0 Å². The van der Waals surface area contributed by atoms with E-state index in [-0.39, 0.29) is 11.4 Å². The van der Waals surface area contributed by atoms with Crippen LogP contribution < -0.4 is 0 Å². The van der Waals surface area contributed by atoms with Crippen LogP contribution in [0, 0.1) is 5.92 Å². The molecule has 3 aliphatic rings. The molecule has 2 saturated heterocycles. The van der Waals surface area contributed by atoms with E-state index < -0.39 is 6.10 Å². The third kappa shape index (κ3) is 1.84. The quantitative estimate of drug-likeness (QED) is 0.744. The molecule has 0 bridgehead atoms. The largest absolute Gasteiger partial charge is 0.457 e. The maximum Gasteiger partial charge on any atom is 0.269 e. The molecule has 1 amide bonds. The highest BCUT2D eigenvalue weighted by Crippen LogP contribution is 2.52. The van der Waals surface area contributed by atoms with E-state index in [0.29, 0.717) is 11.1 Å². The molecule has 1 saturated carbocycles. The minimum Gasteiger partial charge on any atom is -0.457 e. The molecule has 5 nitrogen and oxygen atoms in total. The molecule has 4 rings (SSSR count). The van der Waals surface area contributed by atoms with E-state index in [1.54, 1.807) is 23.3 Å². The minimum absolute atomic E-state index is 0.0601. The SMILES string of the molecule is O=C1[C@@H](OC(=S)n2ccnc2)[C@@H]2CCCC[C@@]23CCCN13. The molecule has 112 valence electrons. The summed E-state index contributed by atoms with van der Waals surface area (Å²) in [7, 11) is 0. The number of amides is 1. The fourth-order valence-corrected chi connectivity index (χ4v) is 4.77. The van der Waals surface area contributed by atoms with E-state index in [4.69, 9.17) is 17.0 Å². The van der Waals surface area contributed by atoms with Crippen LogP contribution in [0.2, 0.25) is 0 Å². The second-order valence-corrected chi connectivity index (χ2v) is 6.67. The first-order chi connectivity index (χ1) is 10.2. The van der Waals surface area contributed by atoms with Crippen molar-refractivity contribution >= 4 is 23.3 Å². The van der Waals surface area contributed by atoms with Gasteiger partial charge >= 0.3 is 0 Å². The molecular formula is C15H19N3O2S. The Bertz CT molecular complexity index is 573. The predicted molar refractivity (Wildman–Crippen MR) is 80.7 cm³/mol. The van der Waals surface area contributed by atoms with Crippen molar-refractivity contribution in [3.63, 3.8) is 0 Å². The van der Waals surface area contributed by atoms with Crippen molar-refractivity contribution in [2.75, 3.05) is 6.54 Å². The maximum absolute atomic E-state index is 12.8. The molecule has 0 aromatic carbocycles. The fraction of sp³-hybridized carbons (Fsp3) is 0.667. The topological polar surface area (TPSA) is 47.4 Å². The van der Waals surface area contributed by atoms with Gasteiger partial charge in [0.25, 0.3) is 11.1 Å². The van der Waals surface area contributed by atoms with Crippen molar-refractivity contribution in [3.05, 3.63) is 18.7 Å². The number of hydrogen-bond donors (Lipinski definition) is 0. The van der Waals surface area contributed by atoms with Crippen LogP contribution in [-0.4, -0.2) is 43.7 Å². The predicted octanol–water partition coefficient (Wildman–Crippen LogP) is 1.97. The number of rotatable bonds is 1. The number of thiocarbonyl (C=S) groups is 1. The molecule has 0 N–H and O–H groups in total. The smallest absolute Gasteiger partial charge is 0.269 e. The highest BCUT2D eigenvalue weighted by molar-refractivity contribution is 7.80. The average molecular weight is 305 g/mol. The number of nitrogens with zero attached hydrogens (tertiary/aromatic N) is 3. The summed E-state index contributed by atoms with van der Waals surface area (Å²) in [5.74, 6) is 0.435. The van der Waals surface area contributed by atoms with Gasteiger partial charge < -0.3 is 9.64 Å². The van der Waals surface area contributed by atoms with Gasteiger partial charge in [-0.2, -0.15) is 0 Å². The highest BCUT2D eigenvalue weighted by Gasteiger charge is 2.61. The van der Waals surface area contributed by atoms with E-state index in [0.717, 1.165) is 32.2 Å². The molecule has 21 heavy (non-hydrogen) atoms. The van der Waals surface area contributed by atoms with Gasteiger partial charge in [0, 0.05) is 30.4 Å². The maximum atomic E-state index is 12.8. The van der Waals surface area contributed by atoms with Crippen molar-refractivity contribution in [2.24, 2.45) is 5.92 Å². The Hall–Kier alpha value is -1.43. The van der Waals surface area contributed by atoms with Crippen molar-refractivity contribution in [1.29, 1.82) is 0 Å².